The van der Waals surface area contributed by atoms with Crippen molar-refractivity contribution in [3.63, 3.8) is 0 Å². The van der Waals surface area contributed by atoms with Crippen LogP contribution in [0.3, 0.4) is 0 Å². The van der Waals surface area contributed by atoms with Crippen molar-refractivity contribution in [1.29, 1.82) is 0 Å². The maximum Gasteiger partial charge on any atom is 0.242 e. The number of aromatic nitrogens is 2. The Kier molecular flexibility index (Phi) is 3.69. The van der Waals surface area contributed by atoms with Crippen molar-refractivity contribution >= 4 is 0 Å². The number of rotatable bonds is 5. The van der Waals surface area contributed by atoms with E-state index in [1.807, 2.05) is 6.92 Å². The molecule has 15 heavy (non-hydrogen) atoms. The zero-order valence-electron chi connectivity index (χ0n) is 9.03. The minimum absolute atomic E-state index is 0.434. The number of hydrogen-bond donors (Lipinski definition) is 1. The summed E-state index contributed by atoms with van der Waals surface area (Å²) in [6, 6.07) is 0. The molecule has 1 atom stereocenters. The Labute approximate surface area is 89.2 Å². The molecular weight excluding hydrogens is 194 g/mol. The van der Waals surface area contributed by atoms with Crippen LogP contribution in [0.15, 0.2) is 4.42 Å². The second-order valence-electron chi connectivity index (χ2n) is 3.82. The van der Waals surface area contributed by atoms with Crippen LogP contribution in [0.1, 0.15) is 25.1 Å². The van der Waals surface area contributed by atoms with E-state index >= 15 is 0 Å². The maximum atomic E-state index is 5.53. The largest absolute Gasteiger partial charge is 0.423 e. The molecule has 1 aromatic heterocycles. The summed E-state index contributed by atoms with van der Waals surface area (Å²) >= 11 is 0. The summed E-state index contributed by atoms with van der Waals surface area (Å²) in [5.41, 5.74) is 0. The third-order valence-corrected chi connectivity index (χ3v) is 2.55. The van der Waals surface area contributed by atoms with Crippen molar-refractivity contribution in [3.05, 3.63) is 11.8 Å². The third-order valence-electron chi connectivity index (χ3n) is 2.55. The van der Waals surface area contributed by atoms with Gasteiger partial charge in [0.2, 0.25) is 11.8 Å². The Morgan fingerprint density at radius 1 is 1.47 bits per heavy atom. The summed E-state index contributed by atoms with van der Waals surface area (Å²) in [7, 11) is 0. The van der Waals surface area contributed by atoms with Gasteiger partial charge in [-0.2, -0.15) is 0 Å². The van der Waals surface area contributed by atoms with Gasteiger partial charge in [0.1, 0.15) is 6.61 Å². The van der Waals surface area contributed by atoms with Gasteiger partial charge in [0.15, 0.2) is 0 Å². The summed E-state index contributed by atoms with van der Waals surface area (Å²) in [5, 5.41) is 11.1. The fraction of sp³-hybridized carbons (Fsp3) is 0.800. The Hall–Kier alpha value is -0.940. The fourth-order valence-electron chi connectivity index (χ4n) is 1.66. The van der Waals surface area contributed by atoms with E-state index in [-0.39, 0.29) is 0 Å². The standard InChI is InChI=1S/C10H17N3O2/c1-2-9-12-13-10(15-9)7-14-6-8-3-4-11-5-8/h8,11H,2-7H2,1H3. The zero-order valence-corrected chi connectivity index (χ0v) is 9.03. The first kappa shape index (κ1) is 10.6. The molecule has 0 saturated carbocycles. The Bertz CT molecular complexity index is 295. The highest BCUT2D eigenvalue weighted by Crippen LogP contribution is 2.09. The molecule has 2 heterocycles. The smallest absolute Gasteiger partial charge is 0.242 e. The molecule has 84 valence electrons. The van der Waals surface area contributed by atoms with E-state index in [0.717, 1.165) is 26.1 Å². The summed E-state index contributed by atoms with van der Waals surface area (Å²) in [5.74, 6) is 1.90. The van der Waals surface area contributed by atoms with Crippen molar-refractivity contribution in [1.82, 2.24) is 15.5 Å². The highest BCUT2D eigenvalue weighted by atomic mass is 16.5. The molecule has 1 aliphatic rings. The fourth-order valence-corrected chi connectivity index (χ4v) is 1.66. The molecule has 0 spiro atoms. The van der Waals surface area contributed by atoms with Gasteiger partial charge < -0.3 is 14.5 Å². The average molecular weight is 211 g/mol. The molecule has 0 radical (unpaired) electrons. The number of aryl methyl sites for hydroxylation is 1. The van der Waals surface area contributed by atoms with Crippen LogP contribution in [0, 0.1) is 5.92 Å². The molecule has 5 nitrogen and oxygen atoms in total. The predicted octanol–water partition coefficient (Wildman–Crippen LogP) is 0.758. The zero-order chi connectivity index (χ0) is 10.5. The number of nitrogens with zero attached hydrogens (tertiary/aromatic N) is 2. The molecular formula is C10H17N3O2. The van der Waals surface area contributed by atoms with Crippen LogP contribution < -0.4 is 5.32 Å². The Morgan fingerprint density at radius 2 is 2.33 bits per heavy atom. The first-order valence-electron chi connectivity index (χ1n) is 5.48. The van der Waals surface area contributed by atoms with Crippen molar-refractivity contribution < 1.29 is 9.15 Å². The summed E-state index contributed by atoms with van der Waals surface area (Å²) in [4.78, 5) is 0. The van der Waals surface area contributed by atoms with Gasteiger partial charge >= 0.3 is 0 Å². The van der Waals surface area contributed by atoms with Crippen LogP contribution in [0.4, 0.5) is 0 Å². The van der Waals surface area contributed by atoms with E-state index in [0.29, 0.717) is 24.3 Å². The molecule has 1 aromatic rings. The van der Waals surface area contributed by atoms with E-state index in [9.17, 15) is 0 Å². The van der Waals surface area contributed by atoms with Gasteiger partial charge in [-0.05, 0) is 18.9 Å². The van der Waals surface area contributed by atoms with Crippen molar-refractivity contribution in [3.8, 4) is 0 Å². The molecule has 5 heteroatoms. The van der Waals surface area contributed by atoms with Gasteiger partial charge in [-0.3, -0.25) is 0 Å². The molecule has 1 unspecified atom stereocenters. The highest BCUT2D eigenvalue weighted by Gasteiger charge is 2.14. The lowest BCUT2D eigenvalue weighted by Gasteiger charge is -2.06. The number of nitrogens with one attached hydrogen (secondary N) is 1. The number of hydrogen-bond acceptors (Lipinski definition) is 5. The molecule has 0 bridgehead atoms. The van der Waals surface area contributed by atoms with E-state index in [1.165, 1.54) is 6.42 Å². The van der Waals surface area contributed by atoms with Gasteiger partial charge in [0.05, 0.1) is 6.61 Å². The van der Waals surface area contributed by atoms with E-state index in [2.05, 4.69) is 15.5 Å². The van der Waals surface area contributed by atoms with Crippen LogP contribution >= 0.6 is 0 Å². The van der Waals surface area contributed by atoms with Crippen molar-refractivity contribution in [2.45, 2.75) is 26.4 Å². The van der Waals surface area contributed by atoms with Gasteiger partial charge in [-0.1, -0.05) is 6.92 Å². The molecule has 0 aromatic carbocycles. The van der Waals surface area contributed by atoms with Gasteiger partial charge in [-0.25, -0.2) is 0 Å². The summed E-state index contributed by atoms with van der Waals surface area (Å²) < 4.78 is 10.9. The minimum atomic E-state index is 0.434. The molecule has 1 saturated heterocycles. The quantitative estimate of drug-likeness (QED) is 0.779. The van der Waals surface area contributed by atoms with Crippen LogP contribution in [-0.4, -0.2) is 29.9 Å². The summed E-state index contributed by atoms with van der Waals surface area (Å²) in [6.45, 7) is 5.36. The van der Waals surface area contributed by atoms with Crippen LogP contribution in [-0.2, 0) is 17.8 Å². The maximum absolute atomic E-state index is 5.53. The first-order valence-corrected chi connectivity index (χ1v) is 5.48. The molecule has 1 fully saturated rings. The van der Waals surface area contributed by atoms with E-state index < -0.39 is 0 Å². The highest BCUT2D eigenvalue weighted by molar-refractivity contribution is 4.79. The van der Waals surface area contributed by atoms with Gasteiger partial charge in [0.25, 0.3) is 0 Å². The average Bonchev–Trinajstić information content (AvgIpc) is 2.88. The molecule has 1 aliphatic heterocycles. The monoisotopic (exact) mass is 211 g/mol. The normalized spacial score (nSPS) is 21.0. The second kappa shape index (κ2) is 5.23. The van der Waals surface area contributed by atoms with Crippen molar-refractivity contribution in [2.75, 3.05) is 19.7 Å². The van der Waals surface area contributed by atoms with Gasteiger partial charge in [0, 0.05) is 13.0 Å². The molecule has 0 amide bonds. The molecule has 1 N–H and O–H groups in total. The molecule has 2 rings (SSSR count). The Balaban J connectivity index is 1.68. The minimum Gasteiger partial charge on any atom is -0.423 e. The molecule has 0 aliphatic carbocycles. The number of ether oxygens (including phenoxy) is 1. The summed E-state index contributed by atoms with van der Waals surface area (Å²) in [6.07, 6.45) is 1.98. The second-order valence-corrected chi connectivity index (χ2v) is 3.82. The predicted molar refractivity (Wildman–Crippen MR) is 54.3 cm³/mol. The lowest BCUT2D eigenvalue weighted by molar-refractivity contribution is 0.0767. The first-order chi connectivity index (χ1) is 7.38. The lowest BCUT2D eigenvalue weighted by atomic mass is 10.1. The topological polar surface area (TPSA) is 60.2 Å². The van der Waals surface area contributed by atoms with Crippen molar-refractivity contribution in [2.24, 2.45) is 5.92 Å². The lowest BCUT2D eigenvalue weighted by Crippen LogP contribution is -2.13. The van der Waals surface area contributed by atoms with Crippen LogP contribution in [0.2, 0.25) is 0 Å². The Morgan fingerprint density at radius 3 is 3.00 bits per heavy atom. The van der Waals surface area contributed by atoms with Crippen LogP contribution in [0.5, 0.6) is 0 Å². The van der Waals surface area contributed by atoms with Gasteiger partial charge in [-0.15, -0.1) is 10.2 Å². The van der Waals surface area contributed by atoms with E-state index in [4.69, 9.17) is 9.15 Å². The third kappa shape index (κ3) is 3.00. The SMILES string of the molecule is CCc1nnc(COCC2CCNC2)o1. The van der Waals surface area contributed by atoms with Crippen LogP contribution in [0.25, 0.3) is 0 Å². The van der Waals surface area contributed by atoms with E-state index in [1.54, 1.807) is 0 Å².